The first-order chi connectivity index (χ1) is 9.59. The maximum atomic E-state index is 11.3. The van der Waals surface area contributed by atoms with Gasteiger partial charge in [0.1, 0.15) is 5.76 Å². The van der Waals surface area contributed by atoms with Gasteiger partial charge in [-0.15, -0.1) is 0 Å². The average Bonchev–Trinajstić information content (AvgIpc) is 2.46. The Labute approximate surface area is 114 Å². The maximum absolute atomic E-state index is 11.3. The fraction of sp³-hybridized carbons (Fsp3) is 0. The Morgan fingerprint density at radius 2 is 1.50 bits per heavy atom. The van der Waals surface area contributed by atoms with Crippen LogP contribution in [0.1, 0.15) is 15.9 Å². The molecule has 3 rings (SSSR count). The smallest absolute Gasteiger partial charge is 0.247 e. The Morgan fingerprint density at radius 3 is 2.05 bits per heavy atom. The number of carbonyl (C=O) groups excluding carboxylic acids is 2. The zero-order valence-corrected chi connectivity index (χ0v) is 10.4. The summed E-state index contributed by atoms with van der Waals surface area (Å²) in [6.07, 6.45) is 2.55. The van der Waals surface area contributed by atoms with Crippen LogP contribution in [0, 0.1) is 0 Å². The van der Waals surface area contributed by atoms with Crippen molar-refractivity contribution in [2.45, 2.75) is 0 Å². The minimum atomic E-state index is -0.670. The van der Waals surface area contributed by atoms with E-state index in [0.29, 0.717) is 5.56 Å². The molecule has 0 unspecified atom stereocenters. The first kappa shape index (κ1) is 13.5. The lowest BCUT2D eigenvalue weighted by Gasteiger charge is -2.10. The van der Waals surface area contributed by atoms with Crippen LogP contribution < -0.4 is 5.56 Å². The summed E-state index contributed by atoms with van der Waals surface area (Å²) in [4.78, 5) is 34.9. The van der Waals surface area contributed by atoms with Gasteiger partial charge < -0.3 is 10.1 Å². The molecular weight excluding hydrogens is 258 g/mol. The summed E-state index contributed by atoms with van der Waals surface area (Å²) in [6.45, 7) is 0. The summed E-state index contributed by atoms with van der Waals surface area (Å²) in [5, 5.41) is 9.34. The van der Waals surface area contributed by atoms with E-state index in [1.54, 1.807) is 36.5 Å². The molecule has 0 fully saturated rings. The van der Waals surface area contributed by atoms with Crippen LogP contribution >= 0.6 is 0 Å². The van der Waals surface area contributed by atoms with E-state index in [2.05, 4.69) is 4.98 Å². The third-order valence-electron chi connectivity index (χ3n) is 2.62. The topological polar surface area (TPSA) is 87.2 Å². The number of hydrogen-bond acceptors (Lipinski definition) is 4. The van der Waals surface area contributed by atoms with Crippen LogP contribution in [-0.4, -0.2) is 21.7 Å². The highest BCUT2D eigenvalue weighted by Crippen LogP contribution is 2.22. The van der Waals surface area contributed by atoms with Crippen molar-refractivity contribution >= 4 is 17.3 Å². The fourth-order valence-electron chi connectivity index (χ4n) is 1.68. The molecule has 0 saturated carbocycles. The number of aromatic nitrogens is 1. The van der Waals surface area contributed by atoms with Crippen molar-refractivity contribution < 1.29 is 14.7 Å². The Hall–Kier alpha value is -2.95. The standard InChI is InChI=1S/C10H6O3.C5H5NO/c11-8-5-9(12)10(13)7-4-2-1-3-6(7)8;7-5-3-1-2-4-6-5/h1-5,11H;1-4H,(H,6,7). The van der Waals surface area contributed by atoms with Crippen LogP contribution in [0.3, 0.4) is 0 Å². The highest BCUT2D eigenvalue weighted by Gasteiger charge is 2.24. The molecule has 0 saturated heterocycles. The summed E-state index contributed by atoms with van der Waals surface area (Å²) in [6, 6.07) is 11.4. The van der Waals surface area contributed by atoms with E-state index in [9.17, 15) is 19.5 Å². The molecule has 20 heavy (non-hydrogen) atoms. The van der Waals surface area contributed by atoms with Crippen LogP contribution in [0.25, 0.3) is 5.76 Å². The van der Waals surface area contributed by atoms with Crippen molar-refractivity contribution in [2.75, 3.05) is 0 Å². The molecule has 2 N–H and O–H groups in total. The molecule has 0 amide bonds. The highest BCUT2D eigenvalue weighted by molar-refractivity contribution is 6.50. The van der Waals surface area contributed by atoms with Gasteiger partial charge in [0.15, 0.2) is 0 Å². The van der Waals surface area contributed by atoms with Gasteiger partial charge in [-0.3, -0.25) is 14.4 Å². The van der Waals surface area contributed by atoms with Crippen molar-refractivity contribution in [1.29, 1.82) is 0 Å². The van der Waals surface area contributed by atoms with Gasteiger partial charge in [-0.2, -0.15) is 0 Å². The van der Waals surface area contributed by atoms with Gasteiger partial charge in [0, 0.05) is 29.5 Å². The molecule has 1 aromatic carbocycles. The second-order valence-corrected chi connectivity index (χ2v) is 4.00. The van der Waals surface area contributed by atoms with Crippen molar-refractivity contribution in [3.8, 4) is 0 Å². The molecule has 0 aliphatic heterocycles. The predicted molar refractivity (Wildman–Crippen MR) is 73.4 cm³/mol. The van der Waals surface area contributed by atoms with Gasteiger partial charge in [-0.1, -0.05) is 30.3 Å². The number of nitrogens with one attached hydrogen (secondary N) is 1. The second-order valence-electron chi connectivity index (χ2n) is 4.00. The van der Waals surface area contributed by atoms with Crippen LogP contribution in [-0.2, 0) is 4.79 Å². The number of Topliss-reactive ketones (excluding diaryl/α,β-unsaturated/α-hetero) is 1. The lowest BCUT2D eigenvalue weighted by Crippen LogP contribution is -2.18. The number of H-pyrrole nitrogens is 1. The van der Waals surface area contributed by atoms with Gasteiger partial charge in [-0.25, -0.2) is 0 Å². The number of pyridine rings is 1. The van der Waals surface area contributed by atoms with Gasteiger partial charge in [0.25, 0.3) is 0 Å². The Bertz CT molecular complexity index is 726. The molecule has 5 nitrogen and oxygen atoms in total. The number of aliphatic hydroxyl groups excluding tert-OH is 1. The van der Waals surface area contributed by atoms with Gasteiger partial charge in [-0.05, 0) is 6.07 Å². The number of allylic oxidation sites excluding steroid dienone is 1. The van der Waals surface area contributed by atoms with Crippen molar-refractivity contribution in [2.24, 2.45) is 0 Å². The van der Waals surface area contributed by atoms with E-state index < -0.39 is 11.6 Å². The number of aromatic amines is 1. The molecule has 1 aliphatic rings. The number of benzene rings is 1. The lowest BCUT2D eigenvalue weighted by molar-refractivity contribution is -0.111. The normalized spacial score (nSPS) is 12.9. The lowest BCUT2D eigenvalue weighted by atomic mass is 9.94. The van der Waals surface area contributed by atoms with Crippen LogP contribution in [0.5, 0.6) is 0 Å². The van der Waals surface area contributed by atoms with Gasteiger partial charge in [0.2, 0.25) is 17.1 Å². The number of rotatable bonds is 0. The third-order valence-corrected chi connectivity index (χ3v) is 2.62. The molecule has 1 aliphatic carbocycles. The monoisotopic (exact) mass is 269 g/mol. The Balaban J connectivity index is 0.000000178. The quantitative estimate of drug-likeness (QED) is 0.713. The summed E-state index contributed by atoms with van der Waals surface area (Å²) in [5.41, 5.74) is 0.641. The fourth-order valence-corrected chi connectivity index (χ4v) is 1.68. The molecule has 0 bridgehead atoms. The molecular formula is C15H11NO4. The largest absolute Gasteiger partial charge is 0.507 e. The summed E-state index contributed by atoms with van der Waals surface area (Å²) in [5.74, 6) is -1.37. The van der Waals surface area contributed by atoms with E-state index in [0.717, 1.165) is 6.08 Å². The number of fused-ring (bicyclic) bond motifs is 1. The first-order valence-electron chi connectivity index (χ1n) is 5.82. The number of carbonyl (C=O) groups is 2. The molecule has 0 atom stereocenters. The van der Waals surface area contributed by atoms with E-state index in [4.69, 9.17) is 0 Å². The first-order valence-corrected chi connectivity index (χ1v) is 5.82. The summed E-state index contributed by atoms with van der Waals surface area (Å²) in [7, 11) is 0. The number of aliphatic hydroxyl groups is 1. The summed E-state index contributed by atoms with van der Waals surface area (Å²) >= 11 is 0. The zero-order chi connectivity index (χ0) is 14.5. The third kappa shape index (κ3) is 2.89. The van der Waals surface area contributed by atoms with Crippen molar-refractivity contribution in [3.05, 3.63) is 76.2 Å². The molecule has 1 aromatic heterocycles. The molecule has 5 heteroatoms. The second kappa shape index (κ2) is 5.79. The molecule has 2 aromatic rings. The van der Waals surface area contributed by atoms with Crippen LogP contribution in [0.4, 0.5) is 0 Å². The number of ketones is 2. The SMILES string of the molecule is O=C1C=C(O)c2ccccc2C1=O.O=c1cccc[nH]1. The minimum absolute atomic E-state index is 0.0532. The van der Waals surface area contributed by atoms with Crippen molar-refractivity contribution in [3.63, 3.8) is 0 Å². The van der Waals surface area contributed by atoms with Crippen LogP contribution in [0.2, 0.25) is 0 Å². The van der Waals surface area contributed by atoms with Crippen LogP contribution in [0.15, 0.2) is 59.5 Å². The minimum Gasteiger partial charge on any atom is -0.507 e. The highest BCUT2D eigenvalue weighted by atomic mass is 16.3. The van der Waals surface area contributed by atoms with E-state index in [1.165, 1.54) is 12.1 Å². The zero-order valence-electron chi connectivity index (χ0n) is 10.4. The van der Waals surface area contributed by atoms with E-state index >= 15 is 0 Å². The Morgan fingerprint density at radius 1 is 0.850 bits per heavy atom. The molecule has 0 spiro atoms. The van der Waals surface area contributed by atoms with Crippen molar-refractivity contribution in [1.82, 2.24) is 4.98 Å². The van der Waals surface area contributed by atoms with Gasteiger partial charge in [0.05, 0.1) is 0 Å². The summed E-state index contributed by atoms with van der Waals surface area (Å²) < 4.78 is 0. The van der Waals surface area contributed by atoms with E-state index in [1.807, 2.05) is 0 Å². The number of hydrogen-bond donors (Lipinski definition) is 2. The molecule has 0 radical (unpaired) electrons. The molecule has 100 valence electrons. The van der Waals surface area contributed by atoms with E-state index in [-0.39, 0.29) is 16.9 Å². The predicted octanol–water partition coefficient (Wildman–Crippen LogP) is 1.73. The maximum Gasteiger partial charge on any atom is 0.247 e. The van der Waals surface area contributed by atoms with Gasteiger partial charge >= 0.3 is 0 Å². The Kier molecular flexibility index (Phi) is 3.91. The average molecular weight is 269 g/mol. The molecule has 1 heterocycles.